The zero-order valence-corrected chi connectivity index (χ0v) is 11.5. The first-order valence-corrected chi connectivity index (χ1v) is 7.37. The van der Waals surface area contributed by atoms with Crippen molar-refractivity contribution in [2.75, 3.05) is 19.7 Å². The molecule has 0 spiro atoms. The van der Waals surface area contributed by atoms with E-state index in [0.717, 1.165) is 17.2 Å². The van der Waals surface area contributed by atoms with Crippen LogP contribution in [0.3, 0.4) is 0 Å². The number of fused-ring (bicyclic) bond motifs is 2. The second-order valence-corrected chi connectivity index (χ2v) is 6.08. The fraction of sp³-hybridized carbons (Fsp3) is 0.786. The van der Waals surface area contributed by atoms with Crippen molar-refractivity contribution in [2.45, 2.75) is 32.1 Å². The maximum atomic E-state index is 11.8. The number of imide groups is 1. The fourth-order valence-corrected chi connectivity index (χ4v) is 3.83. The Kier molecular flexibility index (Phi) is 3.63. The number of hydrogen-bond acceptors (Lipinski definition) is 4. The van der Waals surface area contributed by atoms with Gasteiger partial charge in [-0.25, -0.2) is 4.79 Å². The minimum atomic E-state index is -0.443. The molecule has 0 aromatic carbocycles. The Bertz CT molecular complexity index is 437. The van der Waals surface area contributed by atoms with Crippen LogP contribution in [-0.4, -0.2) is 42.5 Å². The summed E-state index contributed by atoms with van der Waals surface area (Å²) in [5.41, 5.74) is 0. The van der Waals surface area contributed by atoms with E-state index in [0.29, 0.717) is 31.3 Å². The highest BCUT2D eigenvalue weighted by Crippen LogP contribution is 2.49. The van der Waals surface area contributed by atoms with E-state index in [-0.39, 0.29) is 12.6 Å². The second-order valence-electron chi connectivity index (χ2n) is 6.08. The molecule has 3 aliphatic rings. The zero-order chi connectivity index (χ0) is 14.1. The number of ether oxygens (including phenoxy) is 1. The lowest BCUT2D eigenvalue weighted by Gasteiger charge is -2.20. The van der Waals surface area contributed by atoms with Gasteiger partial charge in [-0.1, -0.05) is 6.42 Å². The first-order chi connectivity index (χ1) is 9.63. The van der Waals surface area contributed by atoms with E-state index in [2.05, 4.69) is 5.32 Å². The highest BCUT2D eigenvalue weighted by molar-refractivity contribution is 5.96. The van der Waals surface area contributed by atoms with Crippen molar-refractivity contribution < 1.29 is 19.1 Å². The summed E-state index contributed by atoms with van der Waals surface area (Å²) in [5.74, 6) is 1.16. The van der Waals surface area contributed by atoms with Crippen molar-refractivity contribution >= 4 is 17.9 Å². The Morgan fingerprint density at radius 3 is 2.75 bits per heavy atom. The van der Waals surface area contributed by atoms with Crippen molar-refractivity contribution in [3.05, 3.63) is 0 Å². The third-order valence-corrected chi connectivity index (χ3v) is 4.83. The van der Waals surface area contributed by atoms with E-state index in [9.17, 15) is 14.4 Å². The van der Waals surface area contributed by atoms with Crippen LogP contribution in [0, 0.1) is 17.8 Å². The van der Waals surface area contributed by atoms with Gasteiger partial charge in [-0.2, -0.15) is 0 Å². The van der Waals surface area contributed by atoms with E-state index < -0.39 is 11.9 Å². The predicted molar refractivity (Wildman–Crippen MR) is 69.6 cm³/mol. The molecule has 0 aromatic heterocycles. The van der Waals surface area contributed by atoms with Gasteiger partial charge in [0, 0.05) is 19.5 Å². The number of rotatable bonds is 4. The maximum Gasteiger partial charge on any atom is 0.324 e. The van der Waals surface area contributed by atoms with E-state index in [4.69, 9.17) is 4.74 Å². The van der Waals surface area contributed by atoms with Gasteiger partial charge in [-0.05, 0) is 37.0 Å². The molecule has 3 fully saturated rings. The molecule has 3 atom stereocenters. The van der Waals surface area contributed by atoms with Crippen LogP contribution in [0.4, 0.5) is 4.79 Å². The molecule has 20 heavy (non-hydrogen) atoms. The van der Waals surface area contributed by atoms with Crippen LogP contribution in [0.15, 0.2) is 0 Å². The van der Waals surface area contributed by atoms with Crippen LogP contribution >= 0.6 is 0 Å². The van der Waals surface area contributed by atoms with E-state index in [1.54, 1.807) is 0 Å². The largest absolute Gasteiger partial charge is 0.456 e. The summed E-state index contributed by atoms with van der Waals surface area (Å²) in [6, 6.07) is -0.404. The molecule has 1 heterocycles. The molecule has 1 saturated heterocycles. The molecular formula is C14H20N2O4. The average molecular weight is 280 g/mol. The molecule has 1 aliphatic heterocycles. The Hall–Kier alpha value is -1.59. The summed E-state index contributed by atoms with van der Waals surface area (Å²) in [5, 5.41) is 2.54. The Balaban J connectivity index is 1.41. The maximum absolute atomic E-state index is 11.8. The molecule has 3 amide bonds. The Labute approximate surface area is 117 Å². The van der Waals surface area contributed by atoms with Gasteiger partial charge >= 0.3 is 12.0 Å². The summed E-state index contributed by atoms with van der Waals surface area (Å²) in [6.07, 6.45) is 5.34. The lowest BCUT2D eigenvalue weighted by Crippen LogP contribution is -2.37. The second kappa shape index (κ2) is 5.42. The zero-order valence-electron chi connectivity index (χ0n) is 11.5. The average Bonchev–Trinajstić information content (AvgIpc) is 3.12. The van der Waals surface area contributed by atoms with Crippen molar-refractivity contribution in [1.29, 1.82) is 0 Å². The number of carbonyl (C=O) groups is 3. The normalized spacial score (nSPS) is 31.5. The van der Waals surface area contributed by atoms with Crippen molar-refractivity contribution in [3.8, 4) is 0 Å². The number of esters is 1. The number of carbonyl (C=O) groups excluding carboxylic acids is 3. The van der Waals surface area contributed by atoms with Gasteiger partial charge in [0.25, 0.3) is 5.91 Å². The highest BCUT2D eigenvalue weighted by atomic mass is 16.5. The van der Waals surface area contributed by atoms with Crippen LogP contribution < -0.4 is 5.32 Å². The smallest absolute Gasteiger partial charge is 0.324 e. The highest BCUT2D eigenvalue weighted by Gasteiger charge is 2.40. The Morgan fingerprint density at radius 2 is 2.15 bits per heavy atom. The first-order valence-electron chi connectivity index (χ1n) is 7.37. The third-order valence-electron chi connectivity index (χ3n) is 4.83. The molecule has 6 heteroatoms. The molecule has 110 valence electrons. The molecule has 6 nitrogen and oxygen atoms in total. The van der Waals surface area contributed by atoms with Crippen molar-refractivity contribution in [3.63, 3.8) is 0 Å². The lowest BCUT2D eigenvalue weighted by atomic mass is 9.86. The minimum absolute atomic E-state index is 0.310. The lowest BCUT2D eigenvalue weighted by molar-refractivity contribution is -0.151. The van der Waals surface area contributed by atoms with Crippen LogP contribution in [0.2, 0.25) is 0 Å². The standard InChI is InChI=1S/C14H20N2O4/c17-12(16-4-3-15-14(16)19)8-20-13(18)7-11-6-9-1-2-10(11)5-9/h9-11H,1-8H2,(H,15,19)/t9-,10+,11+/m0/s1. The van der Waals surface area contributed by atoms with Gasteiger partial charge in [0.2, 0.25) is 0 Å². The molecule has 0 unspecified atom stereocenters. The van der Waals surface area contributed by atoms with Gasteiger partial charge < -0.3 is 10.1 Å². The van der Waals surface area contributed by atoms with Crippen LogP contribution in [0.5, 0.6) is 0 Å². The number of nitrogens with one attached hydrogen (secondary N) is 1. The fourth-order valence-electron chi connectivity index (χ4n) is 3.83. The molecule has 1 N–H and O–H groups in total. The molecule has 2 aliphatic carbocycles. The van der Waals surface area contributed by atoms with Gasteiger partial charge in [-0.15, -0.1) is 0 Å². The summed E-state index contributed by atoms with van der Waals surface area (Å²) in [7, 11) is 0. The van der Waals surface area contributed by atoms with Gasteiger partial charge in [0.05, 0.1) is 0 Å². The molecular weight excluding hydrogens is 260 g/mol. The van der Waals surface area contributed by atoms with Crippen LogP contribution in [0.25, 0.3) is 0 Å². The Morgan fingerprint density at radius 1 is 1.30 bits per heavy atom. The predicted octanol–water partition coefficient (Wildman–Crippen LogP) is 0.908. The molecule has 0 radical (unpaired) electrons. The number of urea groups is 1. The monoisotopic (exact) mass is 280 g/mol. The van der Waals surface area contributed by atoms with Crippen molar-refractivity contribution in [2.24, 2.45) is 17.8 Å². The van der Waals surface area contributed by atoms with Crippen LogP contribution in [-0.2, 0) is 14.3 Å². The van der Waals surface area contributed by atoms with Gasteiger partial charge in [0.1, 0.15) is 0 Å². The van der Waals surface area contributed by atoms with Gasteiger partial charge in [0.15, 0.2) is 6.61 Å². The summed E-state index contributed by atoms with van der Waals surface area (Å²) < 4.78 is 5.02. The number of hydrogen-bond donors (Lipinski definition) is 1. The molecule has 3 rings (SSSR count). The van der Waals surface area contributed by atoms with Crippen molar-refractivity contribution in [1.82, 2.24) is 10.2 Å². The summed E-state index contributed by atoms with van der Waals surface area (Å²) in [6.45, 7) is 0.484. The molecule has 0 aromatic rings. The molecule has 2 saturated carbocycles. The summed E-state index contributed by atoms with van der Waals surface area (Å²) >= 11 is 0. The van der Waals surface area contributed by atoms with E-state index >= 15 is 0 Å². The first kappa shape index (κ1) is 13.4. The summed E-state index contributed by atoms with van der Waals surface area (Å²) in [4.78, 5) is 35.9. The molecule has 2 bridgehead atoms. The third kappa shape index (κ3) is 2.64. The number of nitrogens with zero attached hydrogens (tertiary/aromatic N) is 1. The minimum Gasteiger partial charge on any atom is -0.456 e. The van der Waals surface area contributed by atoms with E-state index in [1.807, 2.05) is 0 Å². The topological polar surface area (TPSA) is 75.7 Å². The number of amides is 3. The van der Waals surface area contributed by atoms with E-state index in [1.165, 1.54) is 19.3 Å². The van der Waals surface area contributed by atoms with Crippen LogP contribution in [0.1, 0.15) is 32.1 Å². The quantitative estimate of drug-likeness (QED) is 0.777. The SMILES string of the molecule is O=C(C[C@H]1C[C@H]2CC[C@@H]1C2)OCC(=O)N1CCNC1=O. The van der Waals surface area contributed by atoms with Gasteiger partial charge in [-0.3, -0.25) is 14.5 Å².